The molecule has 0 radical (unpaired) electrons. The lowest BCUT2D eigenvalue weighted by atomic mass is 10.1. The van der Waals surface area contributed by atoms with Crippen LogP contribution in [0.2, 0.25) is 0 Å². The smallest absolute Gasteiger partial charge is 0.282 e. The Labute approximate surface area is 230 Å². The summed E-state index contributed by atoms with van der Waals surface area (Å²) < 4.78 is 28.0. The lowest BCUT2D eigenvalue weighted by Crippen LogP contribution is -2.23. The van der Waals surface area contributed by atoms with Gasteiger partial charge in [-0.25, -0.2) is 9.37 Å². The van der Waals surface area contributed by atoms with E-state index in [9.17, 15) is 9.18 Å². The van der Waals surface area contributed by atoms with Gasteiger partial charge in [0, 0.05) is 10.4 Å². The molecule has 1 aromatic heterocycles. The molecule has 0 bridgehead atoms. The number of aromatic nitrogens is 2. The molecule has 0 unspecified atom stereocenters. The van der Waals surface area contributed by atoms with E-state index in [0.29, 0.717) is 33.8 Å². The van der Waals surface area contributed by atoms with Gasteiger partial charge in [0.2, 0.25) is 0 Å². The molecule has 6 nitrogen and oxygen atoms in total. The number of ether oxygens (including phenoxy) is 2. The third kappa shape index (κ3) is 5.78. The fourth-order valence-corrected chi connectivity index (χ4v) is 4.78. The van der Waals surface area contributed by atoms with Crippen molar-refractivity contribution in [1.82, 2.24) is 9.66 Å². The monoisotopic (exact) mass is 663 g/mol. The van der Waals surface area contributed by atoms with Crippen LogP contribution >= 0.6 is 38.5 Å². The molecule has 36 heavy (non-hydrogen) atoms. The number of benzene rings is 3. The molecule has 0 aliphatic heterocycles. The Morgan fingerprint density at radius 1 is 1.22 bits per heavy atom. The largest absolute Gasteiger partial charge is 0.493 e. The lowest BCUT2D eigenvalue weighted by Gasteiger charge is -2.15. The van der Waals surface area contributed by atoms with Crippen molar-refractivity contribution in [1.29, 1.82) is 0 Å². The summed E-state index contributed by atoms with van der Waals surface area (Å²) in [6.45, 7) is 4.27. The topological polar surface area (TPSA) is 65.7 Å². The van der Waals surface area contributed by atoms with Crippen LogP contribution in [0.15, 0.2) is 69.0 Å². The van der Waals surface area contributed by atoms with Crippen molar-refractivity contribution in [2.45, 2.75) is 32.8 Å². The summed E-state index contributed by atoms with van der Waals surface area (Å²) in [5.41, 5.74) is 1.85. The highest BCUT2D eigenvalue weighted by molar-refractivity contribution is 14.1. The quantitative estimate of drug-likeness (QED) is 0.152. The van der Waals surface area contributed by atoms with Gasteiger partial charge in [-0.15, -0.1) is 0 Å². The average molecular weight is 664 g/mol. The predicted molar refractivity (Wildman–Crippen MR) is 152 cm³/mol. The SMILES string of the molecule is CC[C@H](C)c1nc2ccc(Br)cc2c(=O)n1N=Cc1cc(I)c(OCc2cccc(F)c2)c(OC)c1. The first kappa shape index (κ1) is 26.3. The van der Waals surface area contributed by atoms with E-state index >= 15 is 0 Å². The summed E-state index contributed by atoms with van der Waals surface area (Å²) >= 11 is 5.59. The molecule has 0 fully saturated rings. The summed E-state index contributed by atoms with van der Waals surface area (Å²) in [6, 6.07) is 15.4. The number of methoxy groups -OCH3 is 1. The van der Waals surface area contributed by atoms with Crippen LogP contribution in [0.1, 0.15) is 43.1 Å². The number of halogens is 3. The molecular weight excluding hydrogens is 640 g/mol. The molecule has 0 saturated heterocycles. The second-order valence-electron chi connectivity index (χ2n) is 8.26. The second-order valence-corrected chi connectivity index (χ2v) is 10.3. The minimum Gasteiger partial charge on any atom is -0.493 e. The van der Waals surface area contributed by atoms with Crippen molar-refractivity contribution in [3.63, 3.8) is 0 Å². The van der Waals surface area contributed by atoms with Gasteiger partial charge in [-0.2, -0.15) is 9.78 Å². The van der Waals surface area contributed by atoms with E-state index in [1.165, 1.54) is 16.8 Å². The van der Waals surface area contributed by atoms with Gasteiger partial charge in [0.05, 0.1) is 27.8 Å². The highest BCUT2D eigenvalue weighted by Gasteiger charge is 2.16. The van der Waals surface area contributed by atoms with E-state index < -0.39 is 0 Å². The second kappa shape index (κ2) is 11.5. The molecule has 0 spiro atoms. The first-order valence-corrected chi connectivity index (χ1v) is 13.2. The highest BCUT2D eigenvalue weighted by Crippen LogP contribution is 2.34. The zero-order chi connectivity index (χ0) is 25.8. The van der Waals surface area contributed by atoms with E-state index in [1.54, 1.807) is 37.6 Å². The maximum Gasteiger partial charge on any atom is 0.282 e. The van der Waals surface area contributed by atoms with E-state index in [0.717, 1.165) is 20.0 Å². The number of nitrogens with zero attached hydrogens (tertiary/aromatic N) is 3. The van der Waals surface area contributed by atoms with Gasteiger partial charge in [-0.1, -0.05) is 41.9 Å². The molecule has 0 saturated carbocycles. The van der Waals surface area contributed by atoms with E-state index in [1.807, 2.05) is 32.0 Å². The third-order valence-electron chi connectivity index (χ3n) is 5.73. The van der Waals surface area contributed by atoms with Crippen molar-refractivity contribution in [2.75, 3.05) is 7.11 Å². The average Bonchev–Trinajstić information content (AvgIpc) is 2.87. The summed E-state index contributed by atoms with van der Waals surface area (Å²) in [4.78, 5) is 18.1. The maximum absolute atomic E-state index is 13.5. The van der Waals surface area contributed by atoms with Crippen LogP contribution in [0.25, 0.3) is 10.9 Å². The lowest BCUT2D eigenvalue weighted by molar-refractivity contribution is 0.282. The Bertz CT molecular complexity index is 1510. The van der Waals surface area contributed by atoms with Crippen LogP contribution in [0.5, 0.6) is 11.5 Å². The van der Waals surface area contributed by atoms with Crippen molar-refractivity contribution in [3.05, 3.63) is 95.8 Å². The first-order chi connectivity index (χ1) is 17.3. The van der Waals surface area contributed by atoms with E-state index in [2.05, 4.69) is 43.6 Å². The van der Waals surface area contributed by atoms with E-state index in [4.69, 9.17) is 14.5 Å². The van der Waals surface area contributed by atoms with Crippen LogP contribution in [-0.2, 0) is 6.61 Å². The van der Waals surface area contributed by atoms with Crippen molar-refractivity contribution < 1.29 is 13.9 Å². The summed E-state index contributed by atoms with van der Waals surface area (Å²) in [6.07, 6.45) is 2.42. The van der Waals surface area contributed by atoms with Gasteiger partial charge in [0.1, 0.15) is 18.2 Å². The Hall–Kier alpha value is -2.79. The standard InChI is InChI=1S/C27H24BrFIN3O3/c1-4-16(2)26-32-23-9-8-19(28)13-21(23)27(34)33(26)31-14-18-11-22(30)25(24(12-18)35-3)36-15-17-6-5-7-20(29)10-17/h5-14,16H,4,15H2,1-3H3/t16-/m0/s1. The Morgan fingerprint density at radius 2 is 2.03 bits per heavy atom. The van der Waals surface area contributed by atoms with Crippen LogP contribution in [0.3, 0.4) is 0 Å². The Kier molecular flexibility index (Phi) is 8.40. The maximum atomic E-state index is 13.5. The molecule has 186 valence electrons. The van der Waals surface area contributed by atoms with Crippen LogP contribution < -0.4 is 15.0 Å². The van der Waals surface area contributed by atoms with Crippen molar-refractivity contribution >= 4 is 55.6 Å². The highest BCUT2D eigenvalue weighted by atomic mass is 127. The summed E-state index contributed by atoms with van der Waals surface area (Å²) in [5, 5.41) is 5.02. The molecule has 3 aromatic carbocycles. The molecule has 9 heteroatoms. The van der Waals surface area contributed by atoms with Crippen LogP contribution in [0, 0.1) is 9.39 Å². The first-order valence-electron chi connectivity index (χ1n) is 11.3. The molecular formula is C27H24BrFIN3O3. The van der Waals surface area contributed by atoms with Gasteiger partial charge >= 0.3 is 0 Å². The Morgan fingerprint density at radius 3 is 2.75 bits per heavy atom. The molecule has 0 aliphatic rings. The van der Waals surface area contributed by atoms with Crippen molar-refractivity contribution in [2.24, 2.45) is 5.10 Å². The zero-order valence-electron chi connectivity index (χ0n) is 20.0. The van der Waals surface area contributed by atoms with Crippen LogP contribution in [0.4, 0.5) is 4.39 Å². The minimum absolute atomic E-state index is 0.0381. The number of fused-ring (bicyclic) bond motifs is 1. The fourth-order valence-electron chi connectivity index (χ4n) is 3.64. The van der Waals surface area contributed by atoms with Gasteiger partial charge in [0.25, 0.3) is 5.56 Å². The van der Waals surface area contributed by atoms with E-state index in [-0.39, 0.29) is 23.9 Å². The predicted octanol–water partition coefficient (Wildman–Crippen LogP) is 6.89. The van der Waals surface area contributed by atoms with Crippen molar-refractivity contribution in [3.8, 4) is 11.5 Å². The molecule has 0 amide bonds. The van der Waals surface area contributed by atoms with Gasteiger partial charge in [0.15, 0.2) is 11.5 Å². The zero-order valence-corrected chi connectivity index (χ0v) is 23.7. The third-order valence-corrected chi connectivity index (χ3v) is 7.03. The molecule has 4 rings (SSSR count). The summed E-state index contributed by atoms with van der Waals surface area (Å²) in [7, 11) is 1.55. The molecule has 4 aromatic rings. The molecule has 0 aliphatic carbocycles. The number of hydrogen-bond acceptors (Lipinski definition) is 5. The molecule has 1 atom stereocenters. The van der Waals surface area contributed by atoms with Gasteiger partial charge in [-0.3, -0.25) is 4.79 Å². The molecule has 1 heterocycles. The molecule has 0 N–H and O–H groups in total. The normalized spacial score (nSPS) is 12.3. The van der Waals surface area contributed by atoms with Gasteiger partial charge < -0.3 is 9.47 Å². The van der Waals surface area contributed by atoms with Gasteiger partial charge in [-0.05, 0) is 82.6 Å². The van der Waals surface area contributed by atoms with Crippen LogP contribution in [-0.4, -0.2) is 23.0 Å². The number of hydrogen-bond donors (Lipinski definition) is 0. The summed E-state index contributed by atoms with van der Waals surface area (Å²) in [5.74, 6) is 1.39. The fraction of sp³-hybridized carbons (Fsp3) is 0.222. The number of rotatable bonds is 8. The Balaban J connectivity index is 1.70. The minimum atomic E-state index is -0.313.